The summed E-state index contributed by atoms with van der Waals surface area (Å²) < 4.78 is 0. The van der Waals surface area contributed by atoms with Gasteiger partial charge in [0.1, 0.15) is 0 Å². The van der Waals surface area contributed by atoms with Gasteiger partial charge in [0.25, 0.3) is 0 Å². The molecule has 0 spiro atoms. The molecular weight excluding hydrogens is 109 g/mol. The molecule has 0 amide bonds. The molecule has 2 N–H and O–H groups in total. The van der Waals surface area contributed by atoms with Crippen LogP contribution in [-0.2, 0) is 16.5 Å². The molecule has 0 radical (unpaired) electrons. The number of hydrogen-bond acceptors (Lipinski definition) is 0. The standard InChI is InChI=1S/C3H7.H2N.Ni/c1-3-2;;/h1,3H2,2H3;1H2;/q2*-1;+2. The van der Waals surface area contributed by atoms with Gasteiger partial charge in [0, 0.05) is 0 Å². The summed E-state index contributed by atoms with van der Waals surface area (Å²) in [6.45, 7) is 5.50. The summed E-state index contributed by atoms with van der Waals surface area (Å²) in [4.78, 5) is 0. The number of hydrogen-bond donors (Lipinski definition) is 0. The fourth-order valence-electron chi connectivity index (χ4n) is 0. The summed E-state index contributed by atoms with van der Waals surface area (Å²) in [5, 5.41) is 0. The molecule has 0 bridgehead atoms. The summed E-state index contributed by atoms with van der Waals surface area (Å²) in [7, 11) is 0. The predicted octanol–water partition coefficient (Wildman–Crippen LogP) is 1.95. The van der Waals surface area contributed by atoms with Crippen molar-refractivity contribution in [3.8, 4) is 0 Å². The van der Waals surface area contributed by atoms with Crippen LogP contribution in [0, 0.1) is 6.92 Å². The first-order chi connectivity index (χ1) is 1.41. The summed E-state index contributed by atoms with van der Waals surface area (Å²) in [6, 6.07) is 0. The van der Waals surface area contributed by atoms with Gasteiger partial charge in [-0.25, -0.2) is 0 Å². The molecule has 0 aliphatic heterocycles. The molecule has 0 saturated heterocycles. The van der Waals surface area contributed by atoms with Gasteiger partial charge in [-0.3, -0.25) is 0 Å². The minimum atomic E-state index is 0. The van der Waals surface area contributed by atoms with Crippen molar-refractivity contribution in [3.05, 3.63) is 13.1 Å². The van der Waals surface area contributed by atoms with E-state index in [0.29, 0.717) is 0 Å². The maximum Gasteiger partial charge on any atom is 2.00 e. The Labute approximate surface area is 43.7 Å². The Hall–Kier alpha value is 0.454. The molecule has 0 fully saturated rings. The van der Waals surface area contributed by atoms with Gasteiger partial charge < -0.3 is 13.1 Å². The zero-order chi connectivity index (χ0) is 2.71. The topological polar surface area (TPSA) is 33.5 Å². The first-order valence-corrected chi connectivity index (χ1v) is 1.21. The van der Waals surface area contributed by atoms with Crippen LogP contribution in [0.3, 0.4) is 0 Å². The quantitative estimate of drug-likeness (QED) is 0.344. The minimum absolute atomic E-state index is 0. The normalized spacial score (nSPS) is 3.60. The van der Waals surface area contributed by atoms with Crippen LogP contribution >= 0.6 is 0 Å². The molecule has 2 heteroatoms. The van der Waals surface area contributed by atoms with Gasteiger partial charge in [-0.05, 0) is 0 Å². The van der Waals surface area contributed by atoms with Crippen molar-refractivity contribution in [1.82, 2.24) is 0 Å². The third-order valence-corrected chi connectivity index (χ3v) is 0. The minimum Gasteiger partial charge on any atom is -0.693 e. The van der Waals surface area contributed by atoms with Crippen molar-refractivity contribution in [2.75, 3.05) is 0 Å². The van der Waals surface area contributed by atoms with Gasteiger partial charge in [-0.2, -0.15) is 6.42 Å². The zero-order valence-electron chi connectivity index (χ0n) is 3.31. The molecule has 0 aromatic rings. The molecule has 0 aromatic heterocycles. The second-order valence-electron chi connectivity index (χ2n) is 0.500. The van der Waals surface area contributed by atoms with Crippen LogP contribution in [0.5, 0.6) is 0 Å². The molecule has 0 rings (SSSR count). The summed E-state index contributed by atoms with van der Waals surface area (Å²) in [5.41, 5.74) is 0. The average Bonchev–Trinajstić information content (AvgIpc) is 0.918. The fourth-order valence-corrected chi connectivity index (χ4v) is 0. The Morgan fingerprint density at radius 1 is 1.60 bits per heavy atom. The molecule has 0 atom stereocenters. The third-order valence-electron chi connectivity index (χ3n) is 0. The fraction of sp³-hybridized carbons (Fsp3) is 0.667. The van der Waals surface area contributed by atoms with Gasteiger partial charge in [-0.15, -0.1) is 0 Å². The van der Waals surface area contributed by atoms with E-state index in [9.17, 15) is 0 Å². The van der Waals surface area contributed by atoms with Crippen molar-refractivity contribution in [3.63, 3.8) is 0 Å². The molecule has 1 nitrogen and oxygen atoms in total. The Morgan fingerprint density at radius 3 is 1.60 bits per heavy atom. The molecule has 0 aliphatic carbocycles. The second-order valence-corrected chi connectivity index (χ2v) is 0.500. The first kappa shape index (κ1) is 18.0. The van der Waals surface area contributed by atoms with E-state index in [0.717, 1.165) is 6.42 Å². The molecule has 0 heterocycles. The molecule has 36 valence electrons. The van der Waals surface area contributed by atoms with Gasteiger partial charge in [0.15, 0.2) is 0 Å². The van der Waals surface area contributed by atoms with E-state index < -0.39 is 0 Å². The number of nitrogens with two attached hydrogens (primary N) is 1. The summed E-state index contributed by atoms with van der Waals surface area (Å²) in [5.74, 6) is 0. The van der Waals surface area contributed by atoms with Crippen molar-refractivity contribution in [2.45, 2.75) is 13.3 Å². The summed E-state index contributed by atoms with van der Waals surface area (Å²) in [6.07, 6.45) is 1.00. The van der Waals surface area contributed by atoms with E-state index in [1.54, 1.807) is 0 Å². The van der Waals surface area contributed by atoms with Crippen LogP contribution in [0.25, 0.3) is 6.15 Å². The third kappa shape index (κ3) is 130. The Balaban J connectivity index is -0.0000000200. The van der Waals surface area contributed by atoms with Crippen LogP contribution in [0.2, 0.25) is 0 Å². The molecule has 0 aliphatic rings. The summed E-state index contributed by atoms with van der Waals surface area (Å²) >= 11 is 0. The Morgan fingerprint density at radius 2 is 1.60 bits per heavy atom. The van der Waals surface area contributed by atoms with Crippen LogP contribution in [0.4, 0.5) is 0 Å². The largest absolute Gasteiger partial charge is 2.00 e. The molecule has 5 heavy (non-hydrogen) atoms. The van der Waals surface area contributed by atoms with Gasteiger partial charge in [0.05, 0.1) is 0 Å². The van der Waals surface area contributed by atoms with E-state index in [4.69, 9.17) is 0 Å². The van der Waals surface area contributed by atoms with Crippen molar-refractivity contribution >= 4 is 0 Å². The van der Waals surface area contributed by atoms with Gasteiger partial charge in [-0.1, -0.05) is 6.92 Å². The van der Waals surface area contributed by atoms with Crippen molar-refractivity contribution in [2.24, 2.45) is 0 Å². The Kier molecular flexibility index (Phi) is 90.3. The van der Waals surface area contributed by atoms with E-state index in [-0.39, 0.29) is 22.6 Å². The van der Waals surface area contributed by atoms with Crippen LogP contribution in [0.15, 0.2) is 0 Å². The molecule has 0 aromatic carbocycles. The molecule has 0 saturated carbocycles. The van der Waals surface area contributed by atoms with E-state index in [1.807, 2.05) is 6.92 Å². The monoisotopic (exact) mass is 117 g/mol. The second kappa shape index (κ2) is 25.1. The van der Waals surface area contributed by atoms with Gasteiger partial charge in [0.2, 0.25) is 0 Å². The van der Waals surface area contributed by atoms with Gasteiger partial charge >= 0.3 is 16.5 Å². The van der Waals surface area contributed by atoms with Crippen molar-refractivity contribution < 1.29 is 16.5 Å². The maximum absolute atomic E-state index is 3.49. The molecule has 0 unspecified atom stereocenters. The maximum atomic E-state index is 3.49. The van der Waals surface area contributed by atoms with E-state index in [2.05, 4.69) is 6.92 Å². The smallest absolute Gasteiger partial charge is 0.693 e. The Bertz CT molecular complexity index is 6.85. The zero-order valence-corrected chi connectivity index (χ0v) is 4.30. The predicted molar refractivity (Wildman–Crippen MR) is 20.9 cm³/mol. The number of rotatable bonds is 0. The van der Waals surface area contributed by atoms with Crippen LogP contribution in [-0.4, -0.2) is 0 Å². The SMILES string of the molecule is [CH2-]CC.[NH2-].[Ni+2]. The van der Waals surface area contributed by atoms with Crippen LogP contribution in [0.1, 0.15) is 13.3 Å². The average molecular weight is 118 g/mol. The van der Waals surface area contributed by atoms with Crippen LogP contribution < -0.4 is 0 Å². The van der Waals surface area contributed by atoms with E-state index in [1.165, 1.54) is 0 Å². The van der Waals surface area contributed by atoms with E-state index >= 15 is 0 Å². The molecular formula is C3H9NNi. The van der Waals surface area contributed by atoms with Crippen molar-refractivity contribution in [1.29, 1.82) is 0 Å². The first-order valence-electron chi connectivity index (χ1n) is 1.21.